The summed E-state index contributed by atoms with van der Waals surface area (Å²) in [7, 11) is 1.65. The number of amides is 1. The Kier molecular flexibility index (Phi) is 6.00. The van der Waals surface area contributed by atoms with Crippen LogP contribution < -0.4 is 9.64 Å². The molecule has 0 fully saturated rings. The number of pyridine rings is 1. The van der Waals surface area contributed by atoms with Crippen LogP contribution in [0.3, 0.4) is 0 Å². The molecule has 4 aromatic rings. The molecule has 0 aliphatic carbocycles. The Morgan fingerprint density at radius 1 is 1.06 bits per heavy atom. The summed E-state index contributed by atoms with van der Waals surface area (Å²) in [4.78, 5) is 24.5. The fourth-order valence-electron chi connectivity index (χ4n) is 3.57. The van der Waals surface area contributed by atoms with Crippen molar-refractivity contribution in [1.82, 2.24) is 9.97 Å². The first-order valence-electron chi connectivity index (χ1n) is 10.2. The molecule has 0 N–H and O–H groups in total. The van der Waals surface area contributed by atoms with Crippen LogP contribution >= 0.6 is 11.3 Å². The highest BCUT2D eigenvalue weighted by atomic mass is 32.1. The van der Waals surface area contributed by atoms with Gasteiger partial charge in [-0.25, -0.2) is 4.98 Å². The number of benzene rings is 2. The molecule has 0 atom stereocenters. The third-order valence-electron chi connectivity index (χ3n) is 5.47. The van der Waals surface area contributed by atoms with Crippen molar-refractivity contribution in [2.24, 2.45) is 0 Å². The Morgan fingerprint density at radius 3 is 2.61 bits per heavy atom. The quantitative estimate of drug-likeness (QED) is 0.410. The maximum absolute atomic E-state index is 13.4. The van der Waals surface area contributed by atoms with Crippen molar-refractivity contribution < 1.29 is 9.53 Å². The highest BCUT2D eigenvalue weighted by Gasteiger charge is 2.22. The van der Waals surface area contributed by atoms with Crippen LogP contribution in [0.25, 0.3) is 10.2 Å². The van der Waals surface area contributed by atoms with E-state index in [4.69, 9.17) is 9.72 Å². The molecule has 0 bridgehead atoms. The zero-order valence-corrected chi connectivity index (χ0v) is 19.0. The lowest BCUT2D eigenvalue weighted by Crippen LogP contribution is -2.32. The Labute approximate surface area is 186 Å². The zero-order valence-electron chi connectivity index (χ0n) is 18.2. The molecule has 2 aromatic heterocycles. The lowest BCUT2D eigenvalue weighted by Gasteiger charge is -2.20. The first-order chi connectivity index (χ1) is 15.0. The molecule has 6 heteroatoms. The maximum Gasteiger partial charge on any atom is 0.233 e. The van der Waals surface area contributed by atoms with E-state index in [0.29, 0.717) is 11.7 Å². The van der Waals surface area contributed by atoms with Gasteiger partial charge in [-0.15, -0.1) is 0 Å². The van der Waals surface area contributed by atoms with E-state index < -0.39 is 0 Å². The van der Waals surface area contributed by atoms with Crippen LogP contribution in [-0.2, 0) is 17.8 Å². The number of hydrogen-bond donors (Lipinski definition) is 0. The van der Waals surface area contributed by atoms with Crippen molar-refractivity contribution in [2.45, 2.75) is 33.7 Å². The van der Waals surface area contributed by atoms with E-state index in [2.05, 4.69) is 31.0 Å². The molecule has 0 radical (unpaired) electrons. The number of carbonyl (C=O) groups excluding carboxylic acids is 1. The van der Waals surface area contributed by atoms with E-state index in [1.54, 1.807) is 29.5 Å². The van der Waals surface area contributed by atoms with Crippen LogP contribution in [-0.4, -0.2) is 23.0 Å². The second kappa shape index (κ2) is 8.86. The van der Waals surface area contributed by atoms with Crippen LogP contribution in [0.4, 0.5) is 5.13 Å². The molecular weight excluding hydrogens is 406 g/mol. The van der Waals surface area contributed by atoms with E-state index in [1.165, 1.54) is 5.56 Å². The van der Waals surface area contributed by atoms with Crippen molar-refractivity contribution in [1.29, 1.82) is 0 Å². The molecule has 2 heterocycles. The second-order valence-electron chi connectivity index (χ2n) is 7.63. The van der Waals surface area contributed by atoms with Crippen molar-refractivity contribution >= 4 is 32.6 Å². The third-order valence-corrected chi connectivity index (χ3v) is 6.51. The normalized spacial score (nSPS) is 11.0. The summed E-state index contributed by atoms with van der Waals surface area (Å²) in [6.07, 6.45) is 2.03. The van der Waals surface area contributed by atoms with E-state index in [-0.39, 0.29) is 12.3 Å². The van der Waals surface area contributed by atoms with Crippen molar-refractivity contribution in [3.63, 3.8) is 0 Å². The van der Waals surface area contributed by atoms with E-state index in [9.17, 15) is 4.79 Å². The van der Waals surface area contributed by atoms with Crippen molar-refractivity contribution in [3.8, 4) is 5.75 Å². The minimum Gasteiger partial charge on any atom is -0.496 e. The predicted octanol–water partition coefficient (Wildman–Crippen LogP) is 5.40. The first kappa shape index (κ1) is 21.0. The van der Waals surface area contributed by atoms with Gasteiger partial charge in [0, 0.05) is 6.20 Å². The number of aryl methyl sites for hydroxylation is 3. The molecule has 2 aromatic carbocycles. The summed E-state index contributed by atoms with van der Waals surface area (Å²) < 4.78 is 6.42. The largest absolute Gasteiger partial charge is 0.496 e. The fraction of sp³-hybridized carbons (Fsp3) is 0.240. The molecule has 5 nitrogen and oxygen atoms in total. The van der Waals surface area contributed by atoms with Gasteiger partial charge in [0.15, 0.2) is 5.13 Å². The summed E-state index contributed by atoms with van der Waals surface area (Å²) in [5.41, 5.74) is 6.09. The Balaban J connectivity index is 1.69. The summed E-state index contributed by atoms with van der Waals surface area (Å²) in [5, 5.41) is 0.699. The van der Waals surface area contributed by atoms with Crippen molar-refractivity contribution in [3.05, 3.63) is 82.7 Å². The van der Waals surface area contributed by atoms with Gasteiger partial charge in [-0.1, -0.05) is 35.6 Å². The fourth-order valence-corrected chi connectivity index (χ4v) is 4.61. The molecule has 0 spiro atoms. The first-order valence-corrected chi connectivity index (χ1v) is 11.0. The number of methoxy groups -OCH3 is 1. The van der Waals surface area contributed by atoms with Crippen LogP contribution in [0, 0.1) is 20.8 Å². The number of fused-ring (bicyclic) bond motifs is 1. The Hall–Kier alpha value is -3.25. The van der Waals surface area contributed by atoms with E-state index >= 15 is 0 Å². The second-order valence-corrected chi connectivity index (χ2v) is 8.64. The Morgan fingerprint density at radius 2 is 1.90 bits per heavy atom. The number of ether oxygens (including phenoxy) is 1. The predicted molar refractivity (Wildman–Crippen MR) is 126 cm³/mol. The average Bonchev–Trinajstić information content (AvgIpc) is 3.20. The van der Waals surface area contributed by atoms with Gasteiger partial charge < -0.3 is 4.74 Å². The number of rotatable bonds is 6. The van der Waals surface area contributed by atoms with Gasteiger partial charge in [-0.2, -0.15) is 0 Å². The number of thiazole rings is 1. The van der Waals surface area contributed by atoms with Crippen LogP contribution in [0.2, 0.25) is 0 Å². The molecule has 1 amide bonds. The molecule has 0 unspecified atom stereocenters. The molecule has 158 valence electrons. The number of carbonyl (C=O) groups is 1. The van der Waals surface area contributed by atoms with E-state index in [1.807, 2.05) is 43.3 Å². The summed E-state index contributed by atoms with van der Waals surface area (Å²) in [5.74, 6) is 0.808. The number of nitrogens with zero attached hydrogens (tertiary/aromatic N) is 3. The van der Waals surface area contributed by atoms with Gasteiger partial charge in [0.1, 0.15) is 5.75 Å². The molecule has 0 aliphatic rings. The van der Waals surface area contributed by atoms with E-state index in [0.717, 1.165) is 38.4 Å². The lowest BCUT2D eigenvalue weighted by atomic mass is 10.1. The smallest absolute Gasteiger partial charge is 0.233 e. The zero-order chi connectivity index (χ0) is 22.0. The van der Waals surface area contributed by atoms with Crippen LogP contribution in [0.5, 0.6) is 5.75 Å². The molecule has 0 saturated heterocycles. The summed E-state index contributed by atoms with van der Waals surface area (Å²) in [6.45, 7) is 6.52. The van der Waals surface area contributed by atoms with Crippen LogP contribution in [0.1, 0.15) is 27.9 Å². The minimum atomic E-state index is -0.0105. The maximum atomic E-state index is 13.4. The van der Waals surface area contributed by atoms with Gasteiger partial charge in [-0.3, -0.25) is 14.7 Å². The number of aromatic nitrogens is 2. The van der Waals surface area contributed by atoms with Gasteiger partial charge in [0.05, 0.1) is 36.0 Å². The standard InChI is InChI=1S/C25H25N3O2S/c1-16-8-11-22-24(18(16)3)27-25(31-22)28(15-20-7-5-6-12-26-20)23(29)14-19-9-10-21(30-4)17(2)13-19/h5-13H,14-15H2,1-4H3. The topological polar surface area (TPSA) is 55.3 Å². The van der Waals surface area contributed by atoms with Crippen LogP contribution in [0.15, 0.2) is 54.7 Å². The molecule has 31 heavy (non-hydrogen) atoms. The van der Waals surface area contributed by atoms with Gasteiger partial charge >= 0.3 is 0 Å². The third kappa shape index (κ3) is 4.44. The minimum absolute atomic E-state index is 0.0105. The SMILES string of the molecule is COc1ccc(CC(=O)N(Cc2ccccn2)c2nc3c(C)c(C)ccc3s2)cc1C. The molecule has 0 saturated carbocycles. The van der Waals surface area contributed by atoms with Gasteiger partial charge in [-0.05, 0) is 67.3 Å². The average molecular weight is 432 g/mol. The molecule has 0 aliphatic heterocycles. The Bertz CT molecular complexity index is 1230. The molecule has 4 rings (SSSR count). The highest BCUT2D eigenvalue weighted by Crippen LogP contribution is 2.33. The van der Waals surface area contributed by atoms with Gasteiger partial charge in [0.25, 0.3) is 0 Å². The van der Waals surface area contributed by atoms with Gasteiger partial charge in [0.2, 0.25) is 5.91 Å². The number of hydrogen-bond acceptors (Lipinski definition) is 5. The summed E-state index contributed by atoms with van der Waals surface area (Å²) in [6, 6.07) is 15.8. The number of anilines is 1. The monoisotopic (exact) mass is 431 g/mol. The molecular formula is C25H25N3O2S. The van der Waals surface area contributed by atoms with Crippen molar-refractivity contribution in [2.75, 3.05) is 12.0 Å². The lowest BCUT2D eigenvalue weighted by molar-refractivity contribution is -0.118. The summed E-state index contributed by atoms with van der Waals surface area (Å²) >= 11 is 1.54. The highest BCUT2D eigenvalue weighted by molar-refractivity contribution is 7.22.